The molecule has 0 amide bonds. The van der Waals surface area contributed by atoms with Crippen LogP contribution in [0.4, 0.5) is 5.82 Å². The van der Waals surface area contributed by atoms with Gasteiger partial charge in [0.25, 0.3) is 10.0 Å². The third-order valence-electron chi connectivity index (χ3n) is 3.86. The smallest absolute Gasteiger partial charge is 0.266 e. The first kappa shape index (κ1) is 14.2. The minimum atomic E-state index is -3.65. The van der Waals surface area contributed by atoms with Crippen molar-refractivity contribution in [3.8, 4) is 0 Å². The third kappa shape index (κ3) is 2.70. The molecule has 1 saturated carbocycles. The van der Waals surface area contributed by atoms with E-state index < -0.39 is 10.0 Å². The fraction of sp³-hybridized carbons (Fsp3) is 0.500. The van der Waals surface area contributed by atoms with Crippen molar-refractivity contribution in [3.05, 3.63) is 29.9 Å². The van der Waals surface area contributed by atoms with Crippen molar-refractivity contribution in [2.75, 3.05) is 4.72 Å². The second-order valence-corrected chi connectivity index (χ2v) is 7.13. The summed E-state index contributed by atoms with van der Waals surface area (Å²) in [6.45, 7) is 3.38. The number of hydrogen-bond donors (Lipinski definition) is 1. The Balaban J connectivity index is 1.89. The molecule has 0 aromatic carbocycles. The first-order valence-electron chi connectivity index (χ1n) is 7.11. The highest BCUT2D eigenvalue weighted by atomic mass is 32.2. The van der Waals surface area contributed by atoms with Crippen molar-refractivity contribution in [2.24, 2.45) is 0 Å². The van der Waals surface area contributed by atoms with E-state index in [0.717, 1.165) is 25.7 Å². The second kappa shape index (κ2) is 5.22. The summed E-state index contributed by atoms with van der Waals surface area (Å²) in [6, 6.07) is 3.51. The molecular formula is C14H19N3O3S. The molecule has 6 nitrogen and oxygen atoms in total. The van der Waals surface area contributed by atoms with Crippen molar-refractivity contribution in [1.82, 2.24) is 9.78 Å². The summed E-state index contributed by atoms with van der Waals surface area (Å²) >= 11 is 0. The molecule has 2 heterocycles. The zero-order chi connectivity index (χ0) is 15.0. The van der Waals surface area contributed by atoms with E-state index in [0.29, 0.717) is 17.3 Å². The Kier molecular flexibility index (Phi) is 3.52. The monoisotopic (exact) mass is 309 g/mol. The van der Waals surface area contributed by atoms with Gasteiger partial charge in [-0.2, -0.15) is 5.10 Å². The zero-order valence-corrected chi connectivity index (χ0v) is 13.0. The first-order chi connectivity index (χ1) is 9.97. The molecule has 1 N–H and O–H groups in total. The molecule has 0 atom stereocenters. The van der Waals surface area contributed by atoms with Crippen molar-refractivity contribution >= 4 is 15.8 Å². The van der Waals surface area contributed by atoms with Gasteiger partial charge in [0.1, 0.15) is 22.2 Å². The van der Waals surface area contributed by atoms with Crippen LogP contribution < -0.4 is 4.72 Å². The lowest BCUT2D eigenvalue weighted by molar-refractivity contribution is 0.473. The highest BCUT2D eigenvalue weighted by Crippen LogP contribution is 2.32. The van der Waals surface area contributed by atoms with Crippen LogP contribution in [-0.4, -0.2) is 18.2 Å². The van der Waals surface area contributed by atoms with Crippen LogP contribution in [0.3, 0.4) is 0 Å². The summed E-state index contributed by atoms with van der Waals surface area (Å²) in [5.41, 5.74) is 0. The van der Waals surface area contributed by atoms with E-state index >= 15 is 0 Å². The molecule has 1 fully saturated rings. The lowest BCUT2D eigenvalue weighted by Gasteiger charge is -2.15. The minimum absolute atomic E-state index is 0.180. The van der Waals surface area contributed by atoms with E-state index in [1.807, 2.05) is 0 Å². The fourth-order valence-corrected chi connectivity index (χ4v) is 4.19. The standard InChI is InChI=1S/C14H19N3O3S/c1-10-9-13(11(2)20-10)21(18,19)16-14-7-8-15-17(14)12-5-3-4-6-12/h7-9,12,16H,3-6H2,1-2H3. The van der Waals surface area contributed by atoms with E-state index in [9.17, 15) is 8.42 Å². The molecule has 0 bridgehead atoms. The molecule has 2 aromatic heterocycles. The molecule has 2 aromatic rings. The molecule has 114 valence electrons. The highest BCUT2D eigenvalue weighted by molar-refractivity contribution is 7.92. The van der Waals surface area contributed by atoms with E-state index in [1.165, 1.54) is 6.07 Å². The maximum absolute atomic E-state index is 12.5. The molecule has 1 aliphatic rings. The number of sulfonamides is 1. The summed E-state index contributed by atoms with van der Waals surface area (Å²) in [5, 5.41) is 4.27. The SMILES string of the molecule is Cc1cc(S(=O)(=O)Nc2ccnn2C2CCCC2)c(C)o1. The summed E-state index contributed by atoms with van der Waals surface area (Å²) in [6.07, 6.45) is 6.04. The molecule has 0 spiro atoms. The Bertz CT molecular complexity index is 739. The number of furan rings is 1. The molecule has 21 heavy (non-hydrogen) atoms. The van der Waals surface area contributed by atoms with Crippen LogP contribution in [0.5, 0.6) is 0 Å². The zero-order valence-electron chi connectivity index (χ0n) is 12.2. The Morgan fingerprint density at radius 2 is 2.05 bits per heavy atom. The largest absolute Gasteiger partial charge is 0.465 e. The summed E-state index contributed by atoms with van der Waals surface area (Å²) in [7, 11) is -3.65. The predicted molar refractivity (Wildman–Crippen MR) is 78.7 cm³/mol. The van der Waals surface area contributed by atoms with Gasteiger partial charge in [0, 0.05) is 12.1 Å². The molecule has 7 heteroatoms. The summed E-state index contributed by atoms with van der Waals surface area (Å²) in [4.78, 5) is 0.180. The quantitative estimate of drug-likeness (QED) is 0.941. The molecule has 3 rings (SSSR count). The lowest BCUT2D eigenvalue weighted by Crippen LogP contribution is -2.18. The highest BCUT2D eigenvalue weighted by Gasteiger charge is 2.25. The van der Waals surface area contributed by atoms with Crippen molar-refractivity contribution in [1.29, 1.82) is 0 Å². The molecule has 1 aliphatic carbocycles. The van der Waals surface area contributed by atoms with E-state index in [-0.39, 0.29) is 10.9 Å². The maximum atomic E-state index is 12.5. The van der Waals surface area contributed by atoms with Crippen molar-refractivity contribution in [2.45, 2.75) is 50.5 Å². The Labute approximate surface area is 124 Å². The summed E-state index contributed by atoms with van der Waals surface area (Å²) in [5.74, 6) is 1.49. The average Bonchev–Trinajstić information content (AvgIpc) is 3.09. The van der Waals surface area contributed by atoms with Gasteiger partial charge < -0.3 is 4.42 Å². The molecule has 0 radical (unpaired) electrons. The number of aryl methyl sites for hydroxylation is 2. The predicted octanol–water partition coefficient (Wildman–Crippen LogP) is 3.01. The third-order valence-corrected chi connectivity index (χ3v) is 5.33. The van der Waals surface area contributed by atoms with Gasteiger partial charge in [0.2, 0.25) is 0 Å². The van der Waals surface area contributed by atoms with Crippen LogP contribution in [0.15, 0.2) is 27.6 Å². The normalized spacial score (nSPS) is 16.5. The molecule has 0 saturated heterocycles. The number of rotatable bonds is 4. The summed E-state index contributed by atoms with van der Waals surface area (Å²) < 4.78 is 34.7. The Hall–Kier alpha value is -1.76. The van der Waals surface area contributed by atoms with Gasteiger partial charge in [0.15, 0.2) is 0 Å². The van der Waals surface area contributed by atoms with E-state index in [2.05, 4.69) is 9.82 Å². The van der Waals surface area contributed by atoms with Crippen LogP contribution in [0.2, 0.25) is 0 Å². The lowest BCUT2D eigenvalue weighted by atomic mass is 10.2. The van der Waals surface area contributed by atoms with Crippen LogP contribution in [-0.2, 0) is 10.0 Å². The Morgan fingerprint density at radius 3 is 2.67 bits per heavy atom. The van der Waals surface area contributed by atoms with Crippen LogP contribution in [0, 0.1) is 13.8 Å². The van der Waals surface area contributed by atoms with Crippen LogP contribution in [0.1, 0.15) is 43.2 Å². The maximum Gasteiger partial charge on any atom is 0.266 e. The van der Waals surface area contributed by atoms with Gasteiger partial charge in [-0.1, -0.05) is 12.8 Å². The van der Waals surface area contributed by atoms with Gasteiger partial charge in [-0.05, 0) is 26.7 Å². The van der Waals surface area contributed by atoms with Gasteiger partial charge in [-0.3, -0.25) is 4.72 Å². The average molecular weight is 309 g/mol. The van der Waals surface area contributed by atoms with Gasteiger partial charge >= 0.3 is 0 Å². The number of hydrogen-bond acceptors (Lipinski definition) is 4. The Morgan fingerprint density at radius 1 is 1.33 bits per heavy atom. The minimum Gasteiger partial charge on any atom is -0.465 e. The van der Waals surface area contributed by atoms with Gasteiger partial charge in [-0.15, -0.1) is 0 Å². The van der Waals surface area contributed by atoms with Crippen molar-refractivity contribution in [3.63, 3.8) is 0 Å². The topological polar surface area (TPSA) is 77.1 Å². The number of aromatic nitrogens is 2. The first-order valence-corrected chi connectivity index (χ1v) is 8.59. The van der Waals surface area contributed by atoms with Gasteiger partial charge in [-0.25, -0.2) is 13.1 Å². The second-order valence-electron chi connectivity index (χ2n) is 5.48. The molecule has 0 unspecified atom stereocenters. The number of anilines is 1. The van der Waals surface area contributed by atoms with Crippen LogP contribution >= 0.6 is 0 Å². The fourth-order valence-electron chi connectivity index (χ4n) is 2.90. The number of nitrogens with zero attached hydrogens (tertiary/aromatic N) is 2. The number of nitrogens with one attached hydrogen (secondary N) is 1. The molecular weight excluding hydrogens is 290 g/mol. The van der Waals surface area contributed by atoms with Gasteiger partial charge in [0.05, 0.1) is 12.2 Å². The molecule has 0 aliphatic heterocycles. The van der Waals surface area contributed by atoms with E-state index in [4.69, 9.17) is 4.42 Å². The van der Waals surface area contributed by atoms with E-state index in [1.54, 1.807) is 30.8 Å². The van der Waals surface area contributed by atoms with Crippen molar-refractivity contribution < 1.29 is 12.8 Å². The van der Waals surface area contributed by atoms with Crippen LogP contribution in [0.25, 0.3) is 0 Å².